The number of nitrogens with zero attached hydrogens (tertiary/aromatic N) is 3. The van der Waals surface area contributed by atoms with Crippen LogP contribution in [-0.4, -0.2) is 53.1 Å². The summed E-state index contributed by atoms with van der Waals surface area (Å²) < 4.78 is 0. The lowest BCUT2D eigenvalue weighted by atomic mass is 10.1. The maximum atomic E-state index is 11.1. The van der Waals surface area contributed by atoms with Gasteiger partial charge in [-0.15, -0.1) is 0 Å². The maximum Gasteiger partial charge on any atom is 0.407 e. The number of piperazine rings is 1. The van der Waals surface area contributed by atoms with E-state index in [0.29, 0.717) is 31.7 Å². The molecule has 0 radical (unpaired) electrons. The summed E-state index contributed by atoms with van der Waals surface area (Å²) in [6.45, 7) is 3.23. The van der Waals surface area contributed by atoms with E-state index in [1.807, 2.05) is 4.90 Å². The molecule has 124 valence electrons. The molecule has 1 saturated heterocycles. The number of carboxylic acid groups (broad SMARTS) is 1. The van der Waals surface area contributed by atoms with E-state index in [1.165, 1.54) is 17.9 Å². The Hall–Kier alpha value is -2.84. The van der Waals surface area contributed by atoms with E-state index in [0.717, 1.165) is 5.69 Å². The zero-order valence-corrected chi connectivity index (χ0v) is 12.7. The van der Waals surface area contributed by atoms with Gasteiger partial charge in [0.25, 0.3) is 5.69 Å². The third-order valence-electron chi connectivity index (χ3n) is 3.70. The fourth-order valence-electron chi connectivity index (χ4n) is 2.46. The second-order valence-electron chi connectivity index (χ2n) is 5.24. The quantitative estimate of drug-likeness (QED) is 0.632. The van der Waals surface area contributed by atoms with Crippen LogP contribution < -0.4 is 10.2 Å². The zero-order chi connectivity index (χ0) is 17.0. The van der Waals surface area contributed by atoms with E-state index in [-0.39, 0.29) is 18.1 Å². The van der Waals surface area contributed by atoms with Crippen molar-refractivity contribution in [3.63, 3.8) is 0 Å². The van der Waals surface area contributed by atoms with E-state index in [4.69, 9.17) is 5.11 Å². The van der Waals surface area contributed by atoms with Gasteiger partial charge in [-0.2, -0.15) is 0 Å². The van der Waals surface area contributed by atoms with E-state index < -0.39 is 11.0 Å². The molecule has 1 fully saturated rings. The van der Waals surface area contributed by atoms with Gasteiger partial charge in [-0.25, -0.2) is 4.79 Å². The molecule has 9 heteroatoms. The number of hydrogen-bond donors (Lipinski definition) is 2. The summed E-state index contributed by atoms with van der Waals surface area (Å²) in [5.41, 5.74) is 1.15. The van der Waals surface area contributed by atoms with Crippen molar-refractivity contribution < 1.29 is 19.6 Å². The SMILES string of the molecule is CC(=O)NCc1cc(N2CCN(C(=O)O)CC2)ccc1[N+](=O)[O-]. The van der Waals surface area contributed by atoms with Crippen molar-refractivity contribution in [1.29, 1.82) is 0 Å². The van der Waals surface area contributed by atoms with Gasteiger partial charge in [0.1, 0.15) is 0 Å². The van der Waals surface area contributed by atoms with Crippen LogP contribution in [0.1, 0.15) is 12.5 Å². The molecular formula is C14H18N4O5. The molecule has 1 heterocycles. The average Bonchev–Trinajstić information content (AvgIpc) is 2.52. The molecule has 0 aromatic heterocycles. The molecular weight excluding hydrogens is 304 g/mol. The number of benzene rings is 1. The summed E-state index contributed by atoms with van der Waals surface area (Å²) in [5.74, 6) is -0.264. The molecule has 2 amide bonds. The van der Waals surface area contributed by atoms with Gasteiger partial charge in [0.05, 0.1) is 10.5 Å². The van der Waals surface area contributed by atoms with Gasteiger partial charge in [0, 0.05) is 51.4 Å². The highest BCUT2D eigenvalue weighted by molar-refractivity contribution is 5.73. The molecule has 2 N–H and O–H groups in total. The van der Waals surface area contributed by atoms with E-state index in [9.17, 15) is 19.7 Å². The first-order chi connectivity index (χ1) is 10.9. The molecule has 0 aliphatic carbocycles. The minimum Gasteiger partial charge on any atom is -0.465 e. The van der Waals surface area contributed by atoms with E-state index in [2.05, 4.69) is 5.32 Å². The Labute approximate surface area is 132 Å². The van der Waals surface area contributed by atoms with Crippen molar-refractivity contribution in [3.8, 4) is 0 Å². The van der Waals surface area contributed by atoms with E-state index in [1.54, 1.807) is 12.1 Å². The van der Waals surface area contributed by atoms with Crippen LogP contribution >= 0.6 is 0 Å². The van der Waals surface area contributed by atoms with Crippen LogP contribution in [0, 0.1) is 10.1 Å². The lowest BCUT2D eigenvalue weighted by molar-refractivity contribution is -0.385. The van der Waals surface area contributed by atoms with Gasteiger partial charge in [0.15, 0.2) is 0 Å². The first-order valence-corrected chi connectivity index (χ1v) is 7.13. The molecule has 0 spiro atoms. The van der Waals surface area contributed by atoms with Gasteiger partial charge in [-0.05, 0) is 12.1 Å². The number of amides is 2. The van der Waals surface area contributed by atoms with Crippen LogP contribution in [0.4, 0.5) is 16.2 Å². The van der Waals surface area contributed by atoms with Crippen molar-refractivity contribution >= 4 is 23.4 Å². The summed E-state index contributed by atoms with van der Waals surface area (Å²) in [5, 5.41) is 22.6. The number of nitro groups is 1. The van der Waals surface area contributed by atoms with Crippen molar-refractivity contribution in [2.45, 2.75) is 13.5 Å². The van der Waals surface area contributed by atoms with Crippen molar-refractivity contribution in [2.75, 3.05) is 31.1 Å². The van der Waals surface area contributed by atoms with Crippen LogP contribution in [0.3, 0.4) is 0 Å². The number of anilines is 1. The first kappa shape index (κ1) is 16.5. The number of hydrogen-bond acceptors (Lipinski definition) is 5. The molecule has 1 aliphatic rings. The number of nitro benzene ring substituents is 1. The minimum atomic E-state index is -0.945. The molecule has 9 nitrogen and oxygen atoms in total. The summed E-state index contributed by atoms with van der Waals surface area (Å²) >= 11 is 0. The summed E-state index contributed by atoms with van der Waals surface area (Å²) in [4.78, 5) is 35.8. The predicted molar refractivity (Wildman–Crippen MR) is 82.4 cm³/mol. The monoisotopic (exact) mass is 322 g/mol. The highest BCUT2D eigenvalue weighted by Gasteiger charge is 2.22. The molecule has 0 bridgehead atoms. The molecule has 23 heavy (non-hydrogen) atoms. The third-order valence-corrected chi connectivity index (χ3v) is 3.70. The second-order valence-corrected chi connectivity index (χ2v) is 5.24. The Morgan fingerprint density at radius 1 is 1.30 bits per heavy atom. The van der Waals surface area contributed by atoms with Gasteiger partial charge in [-0.3, -0.25) is 14.9 Å². The largest absolute Gasteiger partial charge is 0.465 e. The topological polar surface area (TPSA) is 116 Å². The molecule has 1 aromatic rings. The van der Waals surface area contributed by atoms with Gasteiger partial charge < -0.3 is 20.2 Å². The summed E-state index contributed by atoms with van der Waals surface area (Å²) in [6, 6.07) is 4.73. The maximum absolute atomic E-state index is 11.1. The Balaban J connectivity index is 2.16. The molecule has 0 unspecified atom stereocenters. The highest BCUT2D eigenvalue weighted by atomic mass is 16.6. The van der Waals surface area contributed by atoms with Crippen LogP contribution in [0.5, 0.6) is 0 Å². The van der Waals surface area contributed by atoms with Crippen LogP contribution in [-0.2, 0) is 11.3 Å². The first-order valence-electron chi connectivity index (χ1n) is 7.13. The Kier molecular flexibility index (Phi) is 4.99. The van der Waals surface area contributed by atoms with Crippen LogP contribution in [0.25, 0.3) is 0 Å². The average molecular weight is 322 g/mol. The molecule has 2 rings (SSSR count). The van der Waals surface area contributed by atoms with Crippen LogP contribution in [0.15, 0.2) is 18.2 Å². The third kappa shape index (κ3) is 4.09. The van der Waals surface area contributed by atoms with Crippen molar-refractivity contribution in [1.82, 2.24) is 10.2 Å². The smallest absolute Gasteiger partial charge is 0.407 e. The number of carbonyl (C=O) groups excluding carboxylic acids is 1. The zero-order valence-electron chi connectivity index (χ0n) is 12.7. The highest BCUT2D eigenvalue weighted by Crippen LogP contribution is 2.26. The van der Waals surface area contributed by atoms with Crippen molar-refractivity contribution in [3.05, 3.63) is 33.9 Å². The standard InChI is InChI=1S/C14H18N4O5/c1-10(19)15-9-11-8-12(2-3-13(11)18(22)23)16-4-6-17(7-5-16)14(20)21/h2-3,8H,4-7,9H2,1H3,(H,15,19)(H,20,21). The number of nitrogens with one attached hydrogen (secondary N) is 1. The summed E-state index contributed by atoms with van der Waals surface area (Å²) in [7, 11) is 0. The van der Waals surface area contributed by atoms with Crippen molar-refractivity contribution in [2.24, 2.45) is 0 Å². The lowest BCUT2D eigenvalue weighted by Crippen LogP contribution is -2.48. The van der Waals surface area contributed by atoms with Gasteiger partial charge in [0.2, 0.25) is 5.91 Å². The summed E-state index contributed by atoms with van der Waals surface area (Å²) in [6.07, 6.45) is -0.945. The minimum absolute atomic E-state index is 0.0494. The fraction of sp³-hybridized carbons (Fsp3) is 0.429. The Bertz CT molecular complexity index is 626. The number of carbonyl (C=O) groups is 2. The Morgan fingerprint density at radius 3 is 2.48 bits per heavy atom. The molecule has 0 atom stereocenters. The van der Waals surface area contributed by atoms with Crippen LogP contribution in [0.2, 0.25) is 0 Å². The lowest BCUT2D eigenvalue weighted by Gasteiger charge is -2.34. The second kappa shape index (κ2) is 6.95. The van der Waals surface area contributed by atoms with E-state index >= 15 is 0 Å². The fourth-order valence-corrected chi connectivity index (χ4v) is 2.46. The van der Waals surface area contributed by atoms with Gasteiger partial charge in [-0.1, -0.05) is 0 Å². The van der Waals surface area contributed by atoms with Gasteiger partial charge >= 0.3 is 6.09 Å². The molecule has 1 aromatic carbocycles. The Morgan fingerprint density at radius 2 is 1.96 bits per heavy atom. The molecule has 1 aliphatic heterocycles. The predicted octanol–water partition coefficient (Wildman–Crippen LogP) is 1.03. The molecule has 0 saturated carbocycles. The normalized spacial score (nSPS) is 14.5. The number of rotatable bonds is 4.